The molecule has 1 radical (unpaired) electrons. The fourth-order valence-electron chi connectivity index (χ4n) is 1.60. The maximum absolute atomic E-state index is 12.0. The molecule has 0 N–H and O–H groups in total. The molecule has 16 heavy (non-hydrogen) atoms. The summed E-state index contributed by atoms with van der Waals surface area (Å²) in [5.41, 5.74) is 0.749. The number of ether oxygens (including phenoxy) is 2. The van der Waals surface area contributed by atoms with E-state index >= 15 is 0 Å². The highest BCUT2D eigenvalue weighted by Gasteiger charge is 2.31. The second kappa shape index (κ2) is 4.33. The van der Waals surface area contributed by atoms with Crippen LogP contribution in [0.5, 0.6) is 5.75 Å². The van der Waals surface area contributed by atoms with E-state index in [9.17, 15) is 13.2 Å². The first-order valence-electron chi connectivity index (χ1n) is 4.83. The maximum atomic E-state index is 12.0. The largest absolute Gasteiger partial charge is 0.573 e. The van der Waals surface area contributed by atoms with E-state index in [1.807, 2.05) is 0 Å². The second-order valence-corrected chi connectivity index (χ2v) is 3.48. The molecule has 1 saturated heterocycles. The smallest absolute Gasteiger partial charge is 0.406 e. The molecule has 0 aromatic heterocycles. The summed E-state index contributed by atoms with van der Waals surface area (Å²) < 4.78 is 45.0. The zero-order valence-electron chi connectivity index (χ0n) is 8.38. The Morgan fingerprint density at radius 2 is 2.06 bits per heavy atom. The van der Waals surface area contributed by atoms with Gasteiger partial charge in [-0.3, -0.25) is 0 Å². The van der Waals surface area contributed by atoms with E-state index in [1.165, 1.54) is 12.1 Å². The normalized spacial score (nSPS) is 17.7. The third kappa shape index (κ3) is 2.88. The molecule has 0 amide bonds. The van der Waals surface area contributed by atoms with Crippen molar-refractivity contribution in [3.63, 3.8) is 0 Å². The van der Waals surface area contributed by atoms with E-state index in [4.69, 9.17) is 4.74 Å². The van der Waals surface area contributed by atoms with Gasteiger partial charge in [0, 0.05) is 12.5 Å². The van der Waals surface area contributed by atoms with Gasteiger partial charge < -0.3 is 9.47 Å². The fraction of sp³-hybridized carbons (Fsp3) is 0.364. The van der Waals surface area contributed by atoms with Crippen LogP contribution in [-0.4, -0.2) is 19.6 Å². The average molecular weight is 231 g/mol. The molecular weight excluding hydrogens is 221 g/mol. The van der Waals surface area contributed by atoms with Crippen molar-refractivity contribution in [1.29, 1.82) is 0 Å². The molecule has 0 unspecified atom stereocenters. The van der Waals surface area contributed by atoms with Crippen molar-refractivity contribution in [3.05, 3.63) is 35.7 Å². The molecule has 1 fully saturated rings. The van der Waals surface area contributed by atoms with E-state index < -0.39 is 6.36 Å². The molecule has 0 atom stereocenters. The first-order chi connectivity index (χ1) is 7.54. The van der Waals surface area contributed by atoms with Crippen LogP contribution >= 0.6 is 0 Å². The lowest BCUT2D eigenvalue weighted by molar-refractivity contribution is -0.274. The average Bonchev–Trinajstić information content (AvgIpc) is 2.68. The SMILES string of the molecule is FC(F)(F)Oc1cccc([C]2CCOC2)c1. The molecule has 1 aliphatic heterocycles. The Morgan fingerprint density at radius 3 is 2.69 bits per heavy atom. The van der Waals surface area contributed by atoms with Gasteiger partial charge in [0.05, 0.1) is 6.61 Å². The van der Waals surface area contributed by atoms with Crippen LogP contribution in [0, 0.1) is 5.92 Å². The van der Waals surface area contributed by atoms with Crippen LogP contribution in [0.4, 0.5) is 13.2 Å². The van der Waals surface area contributed by atoms with Gasteiger partial charge in [-0.2, -0.15) is 0 Å². The van der Waals surface area contributed by atoms with E-state index in [-0.39, 0.29) is 5.75 Å². The minimum atomic E-state index is -4.64. The summed E-state index contributed by atoms with van der Waals surface area (Å²) in [7, 11) is 0. The highest BCUT2D eigenvalue weighted by atomic mass is 19.4. The first kappa shape index (κ1) is 11.3. The second-order valence-electron chi connectivity index (χ2n) is 3.48. The lowest BCUT2D eigenvalue weighted by atomic mass is 9.98. The van der Waals surface area contributed by atoms with Gasteiger partial charge in [-0.15, -0.1) is 13.2 Å². The molecule has 2 rings (SSSR count). The van der Waals surface area contributed by atoms with Crippen LogP contribution < -0.4 is 4.74 Å². The minimum absolute atomic E-state index is 0.190. The monoisotopic (exact) mass is 231 g/mol. The zero-order chi connectivity index (χ0) is 11.6. The van der Waals surface area contributed by atoms with Crippen LogP contribution in [0.1, 0.15) is 12.0 Å². The Labute approximate surface area is 91.0 Å². The summed E-state index contributed by atoms with van der Waals surface area (Å²) in [5.74, 6) is 0.817. The quantitative estimate of drug-likeness (QED) is 0.779. The zero-order valence-corrected chi connectivity index (χ0v) is 8.38. The molecule has 1 heterocycles. The molecular formula is C11H10F3O2. The summed E-state index contributed by atoms with van der Waals surface area (Å²) in [6.45, 7) is 1.11. The van der Waals surface area contributed by atoms with Gasteiger partial charge in [-0.25, -0.2) is 0 Å². The van der Waals surface area contributed by atoms with E-state index in [2.05, 4.69) is 4.74 Å². The molecule has 5 heteroatoms. The standard InChI is InChI=1S/C11H10F3O2/c12-11(13,14)16-10-3-1-2-8(6-10)9-4-5-15-7-9/h1-3,6H,4-5,7H2. The minimum Gasteiger partial charge on any atom is -0.406 e. The van der Waals surface area contributed by atoms with E-state index in [0.717, 1.165) is 17.9 Å². The lowest BCUT2D eigenvalue weighted by Gasteiger charge is -2.12. The van der Waals surface area contributed by atoms with Crippen LogP contribution in [0.25, 0.3) is 0 Å². The number of halogens is 3. The first-order valence-corrected chi connectivity index (χ1v) is 4.83. The number of rotatable bonds is 2. The number of hydrogen-bond donors (Lipinski definition) is 0. The van der Waals surface area contributed by atoms with Gasteiger partial charge in [0.15, 0.2) is 0 Å². The number of hydrogen-bond acceptors (Lipinski definition) is 2. The Morgan fingerprint density at radius 1 is 1.25 bits per heavy atom. The van der Waals surface area contributed by atoms with Crippen molar-refractivity contribution in [2.75, 3.05) is 13.2 Å². The molecule has 0 aliphatic carbocycles. The third-order valence-corrected chi connectivity index (χ3v) is 2.30. The van der Waals surface area contributed by atoms with Crippen LogP contribution in [0.3, 0.4) is 0 Å². The Hall–Kier alpha value is -1.23. The molecule has 1 aromatic rings. The maximum Gasteiger partial charge on any atom is 0.573 e. The van der Waals surface area contributed by atoms with Crippen LogP contribution in [0.2, 0.25) is 0 Å². The van der Waals surface area contributed by atoms with E-state index in [1.54, 1.807) is 12.1 Å². The molecule has 1 aliphatic rings. The molecule has 0 saturated carbocycles. The van der Waals surface area contributed by atoms with Crippen molar-refractivity contribution in [1.82, 2.24) is 0 Å². The summed E-state index contributed by atoms with van der Waals surface area (Å²) >= 11 is 0. The number of alkyl halides is 3. The Kier molecular flexibility index (Phi) is 3.05. The summed E-state index contributed by atoms with van der Waals surface area (Å²) in [6, 6.07) is 5.97. The molecule has 1 aromatic carbocycles. The molecule has 87 valence electrons. The predicted octanol–water partition coefficient (Wildman–Crippen LogP) is 2.93. The van der Waals surface area contributed by atoms with Crippen molar-refractivity contribution >= 4 is 0 Å². The highest BCUT2D eigenvalue weighted by molar-refractivity contribution is 5.38. The summed E-state index contributed by atoms with van der Waals surface area (Å²) in [6.07, 6.45) is -3.88. The molecule has 2 nitrogen and oxygen atoms in total. The van der Waals surface area contributed by atoms with Gasteiger partial charge in [0.2, 0.25) is 0 Å². The topological polar surface area (TPSA) is 18.5 Å². The molecule has 0 spiro atoms. The summed E-state index contributed by atoms with van der Waals surface area (Å²) in [4.78, 5) is 0. The lowest BCUT2D eigenvalue weighted by Crippen LogP contribution is -2.17. The highest BCUT2D eigenvalue weighted by Crippen LogP contribution is 2.29. The van der Waals surface area contributed by atoms with Crippen molar-refractivity contribution in [3.8, 4) is 5.75 Å². The van der Waals surface area contributed by atoms with Crippen molar-refractivity contribution in [2.24, 2.45) is 0 Å². The number of benzene rings is 1. The van der Waals surface area contributed by atoms with Crippen LogP contribution in [0.15, 0.2) is 24.3 Å². The fourth-order valence-corrected chi connectivity index (χ4v) is 1.60. The third-order valence-electron chi connectivity index (χ3n) is 2.30. The summed E-state index contributed by atoms with van der Waals surface area (Å²) in [5, 5.41) is 0. The van der Waals surface area contributed by atoms with Gasteiger partial charge in [0.25, 0.3) is 0 Å². The Bertz CT molecular complexity index is 356. The van der Waals surface area contributed by atoms with Crippen LogP contribution in [-0.2, 0) is 4.74 Å². The van der Waals surface area contributed by atoms with E-state index in [0.29, 0.717) is 13.2 Å². The Balaban J connectivity index is 2.12. The van der Waals surface area contributed by atoms with Crippen molar-refractivity contribution < 1.29 is 22.6 Å². The van der Waals surface area contributed by atoms with Crippen molar-refractivity contribution in [2.45, 2.75) is 12.8 Å². The molecule has 0 bridgehead atoms. The van der Waals surface area contributed by atoms with Gasteiger partial charge in [-0.1, -0.05) is 12.1 Å². The van der Waals surface area contributed by atoms with Gasteiger partial charge >= 0.3 is 6.36 Å². The van der Waals surface area contributed by atoms with Gasteiger partial charge in [0.1, 0.15) is 5.75 Å². The van der Waals surface area contributed by atoms with Gasteiger partial charge in [-0.05, 0) is 24.1 Å². The predicted molar refractivity (Wildman–Crippen MR) is 50.9 cm³/mol.